The van der Waals surface area contributed by atoms with Gasteiger partial charge in [0.2, 0.25) is 0 Å². The molecule has 1 rings (SSSR count). The van der Waals surface area contributed by atoms with Gasteiger partial charge in [-0.2, -0.15) is 13.2 Å². The summed E-state index contributed by atoms with van der Waals surface area (Å²) in [5, 5.41) is 3.09. The average Bonchev–Trinajstić information content (AvgIpc) is 2.26. The monoisotopic (exact) mass is 290 g/mol. The van der Waals surface area contributed by atoms with Gasteiger partial charge in [0, 0.05) is 24.2 Å². The van der Waals surface area contributed by atoms with Gasteiger partial charge in [0.15, 0.2) is 0 Å². The predicted molar refractivity (Wildman–Crippen MR) is 75.5 cm³/mol. The van der Waals surface area contributed by atoms with Gasteiger partial charge in [-0.3, -0.25) is 0 Å². The molecule has 0 aliphatic rings. The van der Waals surface area contributed by atoms with Crippen molar-refractivity contribution in [1.29, 1.82) is 0 Å². The highest BCUT2D eigenvalue weighted by molar-refractivity contribution is 7.80. The molecule has 106 valence electrons. The number of thiocarbonyl (C=S) groups is 1. The first-order valence-corrected chi connectivity index (χ1v) is 6.41. The molecule has 0 aromatic heterocycles. The zero-order valence-electron chi connectivity index (χ0n) is 10.7. The van der Waals surface area contributed by atoms with Gasteiger partial charge in [-0.1, -0.05) is 12.2 Å². The maximum absolute atomic E-state index is 11.9. The zero-order chi connectivity index (χ0) is 14.5. The summed E-state index contributed by atoms with van der Waals surface area (Å²) in [4.78, 5) is 0.342. The molecule has 0 aliphatic heterocycles. The SMILES string of the molecule is Cc1cc(NCCCCC(F)(F)F)ccc1C(N)=S. The number of hydrogen-bond acceptors (Lipinski definition) is 2. The van der Waals surface area contributed by atoms with Crippen molar-refractivity contribution in [3.63, 3.8) is 0 Å². The highest BCUT2D eigenvalue weighted by Gasteiger charge is 2.25. The molecule has 0 saturated heterocycles. The van der Waals surface area contributed by atoms with Crippen molar-refractivity contribution >= 4 is 22.9 Å². The predicted octanol–water partition coefficient (Wildman–Crippen LogP) is 3.77. The van der Waals surface area contributed by atoms with E-state index in [1.54, 1.807) is 0 Å². The Bertz CT molecular complexity index is 444. The van der Waals surface area contributed by atoms with E-state index in [9.17, 15) is 13.2 Å². The topological polar surface area (TPSA) is 38.0 Å². The van der Waals surface area contributed by atoms with Crippen LogP contribution in [0.3, 0.4) is 0 Å². The lowest BCUT2D eigenvalue weighted by Gasteiger charge is -2.10. The molecular weight excluding hydrogens is 273 g/mol. The van der Waals surface area contributed by atoms with E-state index in [-0.39, 0.29) is 6.42 Å². The largest absolute Gasteiger partial charge is 0.389 e. The molecule has 0 saturated carbocycles. The van der Waals surface area contributed by atoms with E-state index >= 15 is 0 Å². The molecular formula is C13H17F3N2S. The summed E-state index contributed by atoms with van der Waals surface area (Å²) >= 11 is 4.90. The molecule has 0 aliphatic carbocycles. The molecule has 0 bridgehead atoms. The molecule has 0 spiro atoms. The number of anilines is 1. The van der Waals surface area contributed by atoms with Gasteiger partial charge in [0.1, 0.15) is 4.99 Å². The number of benzene rings is 1. The number of unbranched alkanes of at least 4 members (excludes halogenated alkanes) is 1. The fourth-order valence-corrected chi connectivity index (χ4v) is 1.96. The van der Waals surface area contributed by atoms with Gasteiger partial charge in [0.25, 0.3) is 0 Å². The molecule has 0 radical (unpaired) electrons. The third kappa shape index (κ3) is 5.92. The molecule has 6 heteroatoms. The van der Waals surface area contributed by atoms with E-state index < -0.39 is 12.6 Å². The van der Waals surface area contributed by atoms with Crippen LogP contribution in [0.1, 0.15) is 30.4 Å². The van der Waals surface area contributed by atoms with Crippen molar-refractivity contribution in [2.45, 2.75) is 32.4 Å². The minimum absolute atomic E-state index is 0.139. The van der Waals surface area contributed by atoms with E-state index in [4.69, 9.17) is 18.0 Å². The Balaban J connectivity index is 2.38. The quantitative estimate of drug-likeness (QED) is 0.618. The summed E-state index contributed by atoms with van der Waals surface area (Å²) in [5.74, 6) is 0. The van der Waals surface area contributed by atoms with Crippen molar-refractivity contribution in [3.05, 3.63) is 29.3 Å². The summed E-state index contributed by atoms with van der Waals surface area (Å²) in [5.41, 5.74) is 8.18. The Morgan fingerprint density at radius 3 is 2.53 bits per heavy atom. The second-order valence-corrected chi connectivity index (χ2v) is 4.83. The molecule has 2 nitrogen and oxygen atoms in total. The smallest absolute Gasteiger partial charge is 0.389 e. The standard InChI is InChI=1S/C13H17F3N2S/c1-9-8-10(4-5-11(9)12(17)19)18-7-3-2-6-13(14,15)16/h4-5,8,18H,2-3,6-7H2,1H3,(H2,17,19). The molecule has 1 aromatic rings. The van der Waals surface area contributed by atoms with Crippen LogP contribution in [0.2, 0.25) is 0 Å². The number of rotatable bonds is 6. The fourth-order valence-electron chi connectivity index (χ4n) is 1.73. The maximum atomic E-state index is 11.9. The van der Waals surface area contributed by atoms with Crippen LogP contribution >= 0.6 is 12.2 Å². The second-order valence-electron chi connectivity index (χ2n) is 4.39. The molecule has 0 atom stereocenters. The number of halogens is 3. The first kappa shape index (κ1) is 15.8. The summed E-state index contributed by atoms with van der Waals surface area (Å²) < 4.78 is 35.8. The third-order valence-electron chi connectivity index (χ3n) is 2.71. The van der Waals surface area contributed by atoms with Gasteiger partial charge in [0.05, 0.1) is 0 Å². The highest BCUT2D eigenvalue weighted by Crippen LogP contribution is 2.22. The van der Waals surface area contributed by atoms with Gasteiger partial charge >= 0.3 is 6.18 Å². The van der Waals surface area contributed by atoms with Crippen molar-refractivity contribution < 1.29 is 13.2 Å². The van der Waals surface area contributed by atoms with Crippen LogP contribution in [0.15, 0.2) is 18.2 Å². The Morgan fingerprint density at radius 2 is 2.00 bits per heavy atom. The Hall–Kier alpha value is -1.30. The van der Waals surface area contributed by atoms with Crippen LogP contribution in [-0.2, 0) is 0 Å². The molecule has 0 heterocycles. The normalized spacial score (nSPS) is 11.4. The van der Waals surface area contributed by atoms with Crippen LogP contribution in [-0.4, -0.2) is 17.7 Å². The molecule has 0 amide bonds. The lowest BCUT2D eigenvalue weighted by molar-refractivity contribution is -0.135. The van der Waals surface area contributed by atoms with E-state index in [0.29, 0.717) is 18.0 Å². The number of nitrogens with two attached hydrogens (primary N) is 1. The van der Waals surface area contributed by atoms with Gasteiger partial charge in [-0.25, -0.2) is 0 Å². The molecule has 19 heavy (non-hydrogen) atoms. The Kier molecular flexibility index (Phi) is 5.60. The minimum atomic E-state index is -4.06. The van der Waals surface area contributed by atoms with Crippen molar-refractivity contribution in [3.8, 4) is 0 Å². The second kappa shape index (κ2) is 6.75. The lowest BCUT2D eigenvalue weighted by Crippen LogP contribution is -2.12. The van der Waals surface area contributed by atoms with Crippen molar-refractivity contribution in [2.24, 2.45) is 5.73 Å². The van der Waals surface area contributed by atoms with Crippen LogP contribution < -0.4 is 11.1 Å². The Labute approximate surface area is 116 Å². The lowest BCUT2D eigenvalue weighted by atomic mass is 10.1. The third-order valence-corrected chi connectivity index (χ3v) is 2.93. The van der Waals surface area contributed by atoms with Crippen LogP contribution in [0, 0.1) is 6.92 Å². The number of aryl methyl sites for hydroxylation is 1. The first-order valence-electron chi connectivity index (χ1n) is 6.00. The van der Waals surface area contributed by atoms with Gasteiger partial charge in [-0.15, -0.1) is 0 Å². The zero-order valence-corrected chi connectivity index (χ0v) is 11.5. The minimum Gasteiger partial charge on any atom is -0.389 e. The Morgan fingerprint density at radius 1 is 1.32 bits per heavy atom. The molecule has 0 unspecified atom stereocenters. The summed E-state index contributed by atoms with van der Waals surface area (Å²) in [6.07, 6.45) is -4.17. The number of nitrogens with one attached hydrogen (secondary N) is 1. The van der Waals surface area contributed by atoms with Crippen LogP contribution in [0.25, 0.3) is 0 Å². The highest BCUT2D eigenvalue weighted by atomic mass is 32.1. The van der Waals surface area contributed by atoms with Crippen LogP contribution in [0.4, 0.5) is 18.9 Å². The molecule has 0 fully saturated rings. The van der Waals surface area contributed by atoms with Gasteiger partial charge < -0.3 is 11.1 Å². The van der Waals surface area contributed by atoms with Crippen molar-refractivity contribution in [1.82, 2.24) is 0 Å². The van der Waals surface area contributed by atoms with Gasteiger partial charge in [-0.05, 0) is 43.5 Å². The van der Waals surface area contributed by atoms with Crippen LogP contribution in [0.5, 0.6) is 0 Å². The van der Waals surface area contributed by atoms with E-state index in [1.807, 2.05) is 25.1 Å². The fraction of sp³-hybridized carbons (Fsp3) is 0.462. The van der Waals surface area contributed by atoms with E-state index in [1.165, 1.54) is 0 Å². The number of hydrogen-bond donors (Lipinski definition) is 2. The average molecular weight is 290 g/mol. The summed E-state index contributed by atoms with van der Waals surface area (Å²) in [6, 6.07) is 5.53. The summed E-state index contributed by atoms with van der Waals surface area (Å²) in [7, 11) is 0. The number of alkyl halides is 3. The van der Waals surface area contributed by atoms with E-state index in [2.05, 4.69) is 5.32 Å². The molecule has 1 aromatic carbocycles. The molecule has 3 N–H and O–H groups in total. The van der Waals surface area contributed by atoms with E-state index in [0.717, 1.165) is 16.8 Å². The maximum Gasteiger partial charge on any atom is 0.389 e. The van der Waals surface area contributed by atoms with Crippen molar-refractivity contribution in [2.75, 3.05) is 11.9 Å². The first-order chi connectivity index (χ1) is 8.79. The summed E-state index contributed by atoms with van der Waals surface area (Å²) in [6.45, 7) is 2.41.